The van der Waals surface area contributed by atoms with Crippen molar-refractivity contribution in [2.45, 2.75) is 108 Å². The van der Waals surface area contributed by atoms with E-state index in [2.05, 4.69) is 12.2 Å². The lowest BCUT2D eigenvalue weighted by Gasteiger charge is -2.30. The maximum Gasteiger partial charge on any atom is 0.337 e. The van der Waals surface area contributed by atoms with Crippen LogP contribution in [0, 0.1) is 5.92 Å². The number of carboxylic acid groups (broad SMARTS) is 2. The van der Waals surface area contributed by atoms with Crippen LogP contribution in [0.2, 0.25) is 0 Å². The Labute approximate surface area is 242 Å². The zero-order valence-electron chi connectivity index (χ0n) is 24.1. The second kappa shape index (κ2) is 19.8. The number of aromatic hydroxyl groups is 1. The summed E-state index contributed by atoms with van der Waals surface area (Å²) in [7, 11) is 0. The molecule has 10 heteroatoms. The molecular formula is C31H47NO9. The SMILES string of the molecule is CCCCCCCC(=O)CCCCCC/C=C/[C@H](C(=O)N[C@H](CO)Cc1ccc(O)cc1)[C@@](O)(CC(=O)O)C(=O)O. The van der Waals surface area contributed by atoms with E-state index in [1.165, 1.54) is 37.5 Å². The van der Waals surface area contributed by atoms with Crippen LogP contribution in [0.1, 0.15) is 96.0 Å². The van der Waals surface area contributed by atoms with Crippen molar-refractivity contribution in [2.24, 2.45) is 5.92 Å². The molecule has 10 nitrogen and oxygen atoms in total. The van der Waals surface area contributed by atoms with E-state index in [0.29, 0.717) is 31.2 Å². The van der Waals surface area contributed by atoms with Crippen LogP contribution in [0.5, 0.6) is 5.75 Å². The highest BCUT2D eigenvalue weighted by atomic mass is 16.4. The highest BCUT2D eigenvalue weighted by Crippen LogP contribution is 2.26. The van der Waals surface area contributed by atoms with Crippen molar-refractivity contribution in [1.29, 1.82) is 0 Å². The molecule has 0 aliphatic carbocycles. The molecule has 0 unspecified atom stereocenters. The van der Waals surface area contributed by atoms with Crippen LogP contribution in [-0.2, 0) is 25.6 Å². The van der Waals surface area contributed by atoms with Gasteiger partial charge in [-0.25, -0.2) is 4.79 Å². The van der Waals surface area contributed by atoms with E-state index in [1.54, 1.807) is 18.2 Å². The van der Waals surface area contributed by atoms with Crippen molar-refractivity contribution in [3.63, 3.8) is 0 Å². The van der Waals surface area contributed by atoms with Gasteiger partial charge in [0.1, 0.15) is 11.5 Å². The largest absolute Gasteiger partial charge is 0.508 e. The molecule has 1 rings (SSSR count). The lowest BCUT2D eigenvalue weighted by molar-refractivity contribution is -0.172. The first kappa shape index (κ1) is 35.8. The number of phenols is 1. The van der Waals surface area contributed by atoms with Crippen LogP contribution in [-0.4, -0.2) is 67.4 Å². The van der Waals surface area contributed by atoms with E-state index in [1.807, 2.05) is 0 Å². The third-order valence-corrected chi connectivity index (χ3v) is 7.04. The molecule has 0 saturated heterocycles. The topological polar surface area (TPSA) is 181 Å². The summed E-state index contributed by atoms with van der Waals surface area (Å²) in [6.07, 6.45) is 12.1. The number of ketones is 1. The van der Waals surface area contributed by atoms with Gasteiger partial charge in [-0.1, -0.05) is 69.7 Å². The van der Waals surface area contributed by atoms with E-state index in [-0.39, 0.29) is 18.0 Å². The van der Waals surface area contributed by atoms with Crippen molar-refractivity contribution in [3.8, 4) is 5.75 Å². The standard InChI is InChI=1S/C31H47NO9/c1-2-3-4-7-10-13-25(34)14-11-8-5-6-9-12-15-27(31(41,30(39)40)21-28(36)37)29(38)32-24(22-33)20-23-16-18-26(35)19-17-23/h12,15-19,24,27,33,35,41H,2-11,13-14,20-22H2,1H3,(H,32,38)(H,36,37)(H,39,40)/b15-12+/t24-,27+,31-/m0/s1. The highest BCUT2D eigenvalue weighted by Gasteiger charge is 2.48. The Morgan fingerprint density at radius 3 is 2.02 bits per heavy atom. The maximum atomic E-state index is 13.1. The smallest absolute Gasteiger partial charge is 0.337 e. The number of phenolic OH excluding ortho intramolecular Hbond substituents is 1. The minimum absolute atomic E-state index is 0.0467. The molecule has 0 saturated carbocycles. The number of hydrogen-bond acceptors (Lipinski definition) is 7. The summed E-state index contributed by atoms with van der Waals surface area (Å²) < 4.78 is 0. The van der Waals surface area contributed by atoms with Gasteiger partial charge in [0.05, 0.1) is 25.0 Å². The Bertz CT molecular complexity index is 976. The molecule has 0 aliphatic heterocycles. The van der Waals surface area contributed by atoms with Gasteiger partial charge in [-0.2, -0.15) is 0 Å². The summed E-state index contributed by atoms with van der Waals surface area (Å²) >= 11 is 0. The number of aliphatic hydroxyl groups is 2. The third-order valence-electron chi connectivity index (χ3n) is 7.04. The second-order valence-electron chi connectivity index (χ2n) is 10.6. The summed E-state index contributed by atoms with van der Waals surface area (Å²) in [5.41, 5.74) is -2.22. The first-order chi connectivity index (χ1) is 19.5. The van der Waals surface area contributed by atoms with Crippen LogP contribution in [0.3, 0.4) is 0 Å². The number of hydrogen-bond donors (Lipinski definition) is 6. The van der Waals surface area contributed by atoms with E-state index < -0.39 is 48.4 Å². The van der Waals surface area contributed by atoms with Gasteiger partial charge in [0.25, 0.3) is 0 Å². The number of Topliss-reactive ketones (excluding diaryl/α,β-unsaturated/α-hetero) is 1. The number of rotatable bonds is 23. The van der Waals surface area contributed by atoms with Crippen LogP contribution >= 0.6 is 0 Å². The molecule has 0 aliphatic rings. The van der Waals surface area contributed by atoms with Gasteiger partial charge in [-0.15, -0.1) is 0 Å². The van der Waals surface area contributed by atoms with Crippen LogP contribution in [0.4, 0.5) is 0 Å². The minimum Gasteiger partial charge on any atom is -0.508 e. The Morgan fingerprint density at radius 2 is 1.49 bits per heavy atom. The molecule has 0 radical (unpaired) electrons. The van der Waals surface area contributed by atoms with E-state index in [9.17, 15) is 44.7 Å². The van der Waals surface area contributed by atoms with Gasteiger partial charge >= 0.3 is 11.9 Å². The molecule has 1 amide bonds. The van der Waals surface area contributed by atoms with E-state index in [4.69, 9.17) is 0 Å². The van der Waals surface area contributed by atoms with E-state index in [0.717, 1.165) is 32.1 Å². The van der Waals surface area contributed by atoms with Crippen LogP contribution < -0.4 is 5.32 Å². The lowest BCUT2D eigenvalue weighted by atomic mass is 9.82. The maximum absolute atomic E-state index is 13.1. The number of carbonyl (C=O) groups excluding carboxylic acids is 2. The molecule has 0 spiro atoms. The van der Waals surface area contributed by atoms with Crippen molar-refractivity contribution in [2.75, 3.05) is 6.61 Å². The van der Waals surface area contributed by atoms with Crippen molar-refractivity contribution >= 4 is 23.6 Å². The molecule has 3 atom stereocenters. The number of unbranched alkanes of at least 4 members (excludes halogenated alkanes) is 8. The number of allylic oxidation sites excluding steroid dienone is 1. The molecule has 41 heavy (non-hydrogen) atoms. The fraction of sp³-hybridized carbons (Fsp3) is 0.613. The average molecular weight is 578 g/mol. The molecule has 0 heterocycles. The first-order valence-electron chi connectivity index (χ1n) is 14.6. The predicted octanol–water partition coefficient (Wildman–Crippen LogP) is 4.14. The number of aliphatic carboxylic acids is 2. The van der Waals surface area contributed by atoms with Gasteiger partial charge in [0, 0.05) is 12.8 Å². The van der Waals surface area contributed by atoms with E-state index >= 15 is 0 Å². The number of aliphatic hydroxyl groups excluding tert-OH is 1. The molecule has 0 aromatic heterocycles. The Morgan fingerprint density at radius 1 is 0.902 bits per heavy atom. The zero-order valence-corrected chi connectivity index (χ0v) is 24.1. The Balaban J connectivity index is 2.70. The number of carboxylic acids is 2. The summed E-state index contributed by atoms with van der Waals surface area (Å²) in [5, 5.41) is 51.4. The minimum atomic E-state index is -2.90. The lowest BCUT2D eigenvalue weighted by Crippen LogP contribution is -2.54. The monoisotopic (exact) mass is 577 g/mol. The summed E-state index contributed by atoms with van der Waals surface area (Å²) in [6.45, 7) is 1.66. The summed E-state index contributed by atoms with van der Waals surface area (Å²) in [4.78, 5) is 48.4. The second-order valence-corrected chi connectivity index (χ2v) is 10.6. The van der Waals surface area contributed by atoms with Gasteiger partial charge in [-0.05, 0) is 49.8 Å². The summed E-state index contributed by atoms with van der Waals surface area (Å²) in [5.74, 6) is -5.75. The number of carbonyl (C=O) groups is 4. The molecule has 1 aromatic carbocycles. The highest BCUT2D eigenvalue weighted by molar-refractivity contribution is 5.93. The van der Waals surface area contributed by atoms with Gasteiger partial charge in [0.15, 0.2) is 5.60 Å². The fourth-order valence-electron chi connectivity index (χ4n) is 4.60. The third kappa shape index (κ3) is 14.3. The average Bonchev–Trinajstić information content (AvgIpc) is 2.92. The fourth-order valence-corrected chi connectivity index (χ4v) is 4.60. The quantitative estimate of drug-likeness (QED) is 0.0822. The predicted molar refractivity (Wildman–Crippen MR) is 154 cm³/mol. The zero-order chi connectivity index (χ0) is 30.7. The Kier molecular flexibility index (Phi) is 17.3. The molecule has 1 aromatic rings. The molecule has 6 N–H and O–H groups in total. The van der Waals surface area contributed by atoms with Crippen LogP contribution in [0.25, 0.3) is 0 Å². The van der Waals surface area contributed by atoms with Crippen molar-refractivity contribution in [1.82, 2.24) is 5.32 Å². The number of amides is 1. The van der Waals surface area contributed by atoms with Crippen LogP contribution in [0.15, 0.2) is 36.4 Å². The van der Waals surface area contributed by atoms with Gasteiger partial charge in [-0.3, -0.25) is 14.4 Å². The molecule has 230 valence electrons. The molecular weight excluding hydrogens is 530 g/mol. The molecule has 0 fully saturated rings. The first-order valence-corrected chi connectivity index (χ1v) is 14.6. The normalized spacial score (nSPS) is 14.3. The van der Waals surface area contributed by atoms with Gasteiger partial charge < -0.3 is 30.8 Å². The Hall–Kier alpha value is -3.24. The van der Waals surface area contributed by atoms with Gasteiger partial charge in [0.2, 0.25) is 5.91 Å². The number of benzene rings is 1. The summed E-state index contributed by atoms with van der Waals surface area (Å²) in [6, 6.07) is 5.25. The molecule has 0 bridgehead atoms. The number of nitrogens with one attached hydrogen (secondary N) is 1. The van der Waals surface area contributed by atoms with Crippen molar-refractivity contribution in [3.05, 3.63) is 42.0 Å². The van der Waals surface area contributed by atoms with Crippen molar-refractivity contribution < 1.29 is 44.7 Å².